The smallest absolute Gasteiger partial charge is 0.230 e. The van der Waals surface area contributed by atoms with Crippen LogP contribution in [-0.4, -0.2) is 17.3 Å². The largest absolute Gasteiger partial charge is 0.355 e. The molecule has 0 aromatic heterocycles. The molecule has 3 heteroatoms. The number of halogens is 1. The van der Waals surface area contributed by atoms with E-state index in [1.54, 1.807) is 0 Å². The molecule has 2 unspecified atom stereocenters. The molecule has 104 valence electrons. The minimum atomic E-state index is -0.471. The number of nitrogens with one attached hydrogen (secondary N) is 1. The van der Waals surface area contributed by atoms with Gasteiger partial charge >= 0.3 is 0 Å². The molecule has 1 aliphatic carbocycles. The quantitative estimate of drug-likeness (QED) is 0.842. The summed E-state index contributed by atoms with van der Waals surface area (Å²) in [5, 5.41) is 3.12. The van der Waals surface area contributed by atoms with E-state index in [2.05, 4.69) is 21.2 Å². The summed E-state index contributed by atoms with van der Waals surface area (Å²) in [7, 11) is 0. The lowest BCUT2D eigenvalue weighted by Gasteiger charge is -2.25. The van der Waals surface area contributed by atoms with Crippen LogP contribution in [0.5, 0.6) is 0 Å². The average Bonchev–Trinajstić information content (AvgIpc) is 2.82. The third-order valence-electron chi connectivity index (χ3n) is 4.15. The first-order chi connectivity index (χ1) is 9.01. The number of amides is 1. The molecule has 0 heterocycles. The van der Waals surface area contributed by atoms with E-state index < -0.39 is 5.41 Å². The predicted molar refractivity (Wildman–Crippen MR) is 82.5 cm³/mol. The molecule has 0 radical (unpaired) electrons. The SMILES string of the molecule is CC(C)(C(=O)NCC1CCCC1Br)c1ccccc1. The first-order valence-corrected chi connectivity index (χ1v) is 7.91. The van der Waals surface area contributed by atoms with Crippen LogP contribution >= 0.6 is 15.9 Å². The van der Waals surface area contributed by atoms with Crippen molar-refractivity contribution in [2.45, 2.75) is 43.4 Å². The van der Waals surface area contributed by atoms with Gasteiger partial charge in [-0.05, 0) is 38.2 Å². The molecule has 0 spiro atoms. The second kappa shape index (κ2) is 6.08. The molecule has 1 aromatic rings. The zero-order valence-corrected chi connectivity index (χ0v) is 13.2. The molecule has 0 aliphatic heterocycles. The number of hydrogen-bond donors (Lipinski definition) is 1. The second-order valence-electron chi connectivity index (χ2n) is 5.91. The van der Waals surface area contributed by atoms with E-state index >= 15 is 0 Å². The Balaban J connectivity index is 1.95. The lowest BCUT2D eigenvalue weighted by molar-refractivity contribution is -0.125. The Morgan fingerprint density at radius 3 is 2.58 bits per heavy atom. The Bertz CT molecular complexity index is 430. The van der Waals surface area contributed by atoms with Crippen LogP contribution in [0, 0.1) is 5.92 Å². The maximum Gasteiger partial charge on any atom is 0.230 e. The highest BCUT2D eigenvalue weighted by molar-refractivity contribution is 9.09. The van der Waals surface area contributed by atoms with Gasteiger partial charge in [-0.3, -0.25) is 4.79 Å². The van der Waals surface area contributed by atoms with E-state index in [0.717, 1.165) is 12.1 Å². The Morgan fingerprint density at radius 2 is 2.00 bits per heavy atom. The van der Waals surface area contributed by atoms with E-state index in [4.69, 9.17) is 0 Å². The summed E-state index contributed by atoms with van der Waals surface area (Å²) in [6.45, 7) is 4.75. The molecule has 0 saturated heterocycles. The molecule has 19 heavy (non-hydrogen) atoms. The van der Waals surface area contributed by atoms with Crippen molar-refractivity contribution in [1.82, 2.24) is 5.32 Å². The highest BCUT2D eigenvalue weighted by Gasteiger charge is 2.31. The van der Waals surface area contributed by atoms with Gasteiger partial charge in [0.05, 0.1) is 5.41 Å². The maximum absolute atomic E-state index is 12.4. The van der Waals surface area contributed by atoms with E-state index in [1.165, 1.54) is 19.3 Å². The Morgan fingerprint density at radius 1 is 1.32 bits per heavy atom. The molecule has 2 nitrogen and oxygen atoms in total. The normalized spacial score (nSPS) is 23.3. The molecule has 1 amide bonds. The molecular formula is C16H22BrNO. The third-order valence-corrected chi connectivity index (χ3v) is 5.36. The van der Waals surface area contributed by atoms with Crippen molar-refractivity contribution in [1.29, 1.82) is 0 Å². The number of rotatable bonds is 4. The van der Waals surface area contributed by atoms with Gasteiger partial charge in [0.1, 0.15) is 0 Å². The fraction of sp³-hybridized carbons (Fsp3) is 0.562. The van der Waals surface area contributed by atoms with Gasteiger partial charge < -0.3 is 5.32 Å². The third kappa shape index (κ3) is 3.38. The van der Waals surface area contributed by atoms with Crippen LogP contribution in [-0.2, 0) is 10.2 Å². The molecule has 1 saturated carbocycles. The predicted octanol–water partition coefficient (Wildman–Crippen LogP) is 3.64. The first kappa shape index (κ1) is 14.6. The van der Waals surface area contributed by atoms with Crippen molar-refractivity contribution >= 4 is 21.8 Å². The van der Waals surface area contributed by atoms with Gasteiger partial charge in [-0.2, -0.15) is 0 Å². The summed E-state index contributed by atoms with van der Waals surface area (Å²) in [6, 6.07) is 9.97. The summed E-state index contributed by atoms with van der Waals surface area (Å²) in [5.74, 6) is 0.695. The zero-order valence-electron chi connectivity index (χ0n) is 11.7. The van der Waals surface area contributed by atoms with Gasteiger partial charge in [-0.15, -0.1) is 0 Å². The van der Waals surface area contributed by atoms with Crippen molar-refractivity contribution in [2.24, 2.45) is 5.92 Å². The number of alkyl halides is 1. The van der Waals surface area contributed by atoms with Gasteiger partial charge in [0.25, 0.3) is 0 Å². The van der Waals surface area contributed by atoms with Crippen LogP contribution in [0.2, 0.25) is 0 Å². The van der Waals surface area contributed by atoms with E-state index in [0.29, 0.717) is 10.7 Å². The van der Waals surface area contributed by atoms with E-state index in [1.807, 2.05) is 44.2 Å². The van der Waals surface area contributed by atoms with Crippen LogP contribution in [0.4, 0.5) is 0 Å². The average molecular weight is 324 g/mol. The summed E-state index contributed by atoms with van der Waals surface area (Å²) in [5.41, 5.74) is 0.594. The lowest BCUT2D eigenvalue weighted by Crippen LogP contribution is -2.42. The highest BCUT2D eigenvalue weighted by Crippen LogP contribution is 2.31. The summed E-state index contributed by atoms with van der Waals surface area (Å²) < 4.78 is 0. The summed E-state index contributed by atoms with van der Waals surface area (Å²) in [4.78, 5) is 13.0. The monoisotopic (exact) mass is 323 g/mol. The fourth-order valence-corrected chi connectivity index (χ4v) is 3.43. The van der Waals surface area contributed by atoms with Crippen molar-refractivity contribution < 1.29 is 4.79 Å². The van der Waals surface area contributed by atoms with Crippen LogP contribution in [0.25, 0.3) is 0 Å². The molecule has 2 atom stereocenters. The fourth-order valence-electron chi connectivity index (χ4n) is 2.65. The molecular weight excluding hydrogens is 302 g/mol. The van der Waals surface area contributed by atoms with Crippen molar-refractivity contribution in [3.05, 3.63) is 35.9 Å². The lowest BCUT2D eigenvalue weighted by atomic mass is 9.83. The number of carbonyl (C=O) groups is 1. The Labute approximate surface area is 124 Å². The minimum absolute atomic E-state index is 0.116. The molecule has 1 N–H and O–H groups in total. The van der Waals surface area contributed by atoms with Crippen LogP contribution < -0.4 is 5.32 Å². The number of carbonyl (C=O) groups excluding carboxylic acids is 1. The van der Waals surface area contributed by atoms with Crippen molar-refractivity contribution in [2.75, 3.05) is 6.54 Å². The van der Waals surface area contributed by atoms with Crippen LogP contribution in [0.1, 0.15) is 38.7 Å². The highest BCUT2D eigenvalue weighted by atomic mass is 79.9. The first-order valence-electron chi connectivity index (χ1n) is 6.99. The number of hydrogen-bond acceptors (Lipinski definition) is 1. The number of benzene rings is 1. The van der Waals surface area contributed by atoms with E-state index in [9.17, 15) is 4.79 Å². The maximum atomic E-state index is 12.4. The Kier molecular flexibility index (Phi) is 4.67. The van der Waals surface area contributed by atoms with Crippen LogP contribution in [0.3, 0.4) is 0 Å². The Hall–Kier alpha value is -0.830. The van der Waals surface area contributed by atoms with Gasteiger partial charge in [-0.1, -0.05) is 52.7 Å². The summed E-state index contributed by atoms with van der Waals surface area (Å²) >= 11 is 3.70. The van der Waals surface area contributed by atoms with Gasteiger partial charge in [0, 0.05) is 11.4 Å². The topological polar surface area (TPSA) is 29.1 Å². The molecule has 2 rings (SSSR count). The standard InChI is InChI=1S/C16H22BrNO/c1-16(2,13-8-4-3-5-9-13)15(19)18-11-12-7-6-10-14(12)17/h3-5,8-9,12,14H,6-7,10-11H2,1-2H3,(H,18,19). The zero-order chi connectivity index (χ0) is 13.9. The van der Waals surface area contributed by atoms with E-state index in [-0.39, 0.29) is 5.91 Å². The van der Waals surface area contributed by atoms with Crippen molar-refractivity contribution in [3.63, 3.8) is 0 Å². The molecule has 1 aliphatic rings. The minimum Gasteiger partial charge on any atom is -0.355 e. The molecule has 0 bridgehead atoms. The van der Waals surface area contributed by atoms with Gasteiger partial charge in [0.2, 0.25) is 5.91 Å². The second-order valence-corrected chi connectivity index (χ2v) is 7.08. The van der Waals surface area contributed by atoms with Gasteiger partial charge in [-0.25, -0.2) is 0 Å². The van der Waals surface area contributed by atoms with Crippen LogP contribution in [0.15, 0.2) is 30.3 Å². The van der Waals surface area contributed by atoms with Gasteiger partial charge in [0.15, 0.2) is 0 Å². The molecule has 1 aromatic carbocycles. The van der Waals surface area contributed by atoms with Crippen molar-refractivity contribution in [3.8, 4) is 0 Å². The molecule has 1 fully saturated rings. The summed E-state index contributed by atoms with van der Waals surface area (Å²) in [6.07, 6.45) is 3.70.